The lowest BCUT2D eigenvalue weighted by Crippen LogP contribution is -1.96. The molecule has 0 aliphatic heterocycles. The highest BCUT2D eigenvalue weighted by Gasteiger charge is 2.10. The molecule has 88 valence electrons. The molecule has 0 atom stereocenters. The second kappa shape index (κ2) is 5.03. The van der Waals surface area contributed by atoms with Gasteiger partial charge >= 0.3 is 5.97 Å². The number of aromatic carboxylic acids is 1. The molecule has 0 aliphatic rings. The van der Waals surface area contributed by atoms with E-state index in [-0.39, 0.29) is 10.6 Å². The average Bonchev–Trinajstić information content (AvgIpc) is 2.63. The van der Waals surface area contributed by atoms with Crippen LogP contribution in [-0.4, -0.2) is 21.3 Å². The van der Waals surface area contributed by atoms with Crippen molar-refractivity contribution in [1.82, 2.24) is 10.2 Å². The molecule has 1 aromatic carbocycles. The molecule has 0 radical (unpaired) electrons. The Labute approximate surface area is 111 Å². The average molecular weight is 287 g/mol. The molecule has 0 aliphatic carbocycles. The fourth-order valence-electron chi connectivity index (χ4n) is 1.15. The first-order valence-electron chi connectivity index (χ1n) is 4.57. The van der Waals surface area contributed by atoms with Gasteiger partial charge in [0.1, 0.15) is 5.01 Å². The summed E-state index contributed by atoms with van der Waals surface area (Å²) >= 11 is 8.76. The molecule has 0 amide bonds. The van der Waals surface area contributed by atoms with Crippen LogP contribution in [0.25, 0.3) is 0 Å². The fraction of sp³-hybridized carbons (Fsp3) is 0.100. The lowest BCUT2D eigenvalue weighted by molar-refractivity contribution is 0.0697. The Morgan fingerprint density at radius 1 is 1.47 bits per heavy atom. The first-order chi connectivity index (χ1) is 8.06. The number of halogens is 1. The Morgan fingerprint density at radius 3 is 2.76 bits per heavy atom. The van der Waals surface area contributed by atoms with Crippen LogP contribution >= 0.6 is 34.7 Å². The van der Waals surface area contributed by atoms with Crippen LogP contribution in [-0.2, 0) is 0 Å². The number of nitrogens with zero attached hydrogens (tertiary/aromatic N) is 2. The maximum atomic E-state index is 10.8. The van der Waals surface area contributed by atoms with Crippen molar-refractivity contribution in [2.45, 2.75) is 16.2 Å². The molecule has 0 saturated carbocycles. The van der Waals surface area contributed by atoms with E-state index in [1.54, 1.807) is 12.1 Å². The van der Waals surface area contributed by atoms with Gasteiger partial charge in [0.25, 0.3) is 0 Å². The molecule has 7 heteroatoms. The molecule has 0 spiro atoms. The minimum absolute atomic E-state index is 0.101. The summed E-state index contributed by atoms with van der Waals surface area (Å²) in [5, 5.41) is 17.8. The molecule has 4 nitrogen and oxygen atoms in total. The van der Waals surface area contributed by atoms with Crippen LogP contribution in [0.2, 0.25) is 5.02 Å². The lowest BCUT2D eigenvalue weighted by atomic mass is 10.2. The Kier molecular flexibility index (Phi) is 3.66. The number of aromatic nitrogens is 2. The zero-order valence-corrected chi connectivity index (χ0v) is 11.1. The summed E-state index contributed by atoms with van der Waals surface area (Å²) in [5.41, 5.74) is 0.101. The molecule has 1 aromatic heterocycles. The quantitative estimate of drug-likeness (QED) is 0.937. The van der Waals surface area contributed by atoms with Gasteiger partial charge in [0, 0.05) is 4.90 Å². The number of carboxylic acid groups (broad SMARTS) is 1. The predicted octanol–water partition coefficient (Wildman–Crippen LogP) is 3.35. The van der Waals surface area contributed by atoms with E-state index in [2.05, 4.69) is 10.2 Å². The van der Waals surface area contributed by atoms with Gasteiger partial charge in [-0.25, -0.2) is 4.79 Å². The van der Waals surface area contributed by atoms with Gasteiger partial charge in [-0.15, -0.1) is 10.2 Å². The van der Waals surface area contributed by atoms with Crippen molar-refractivity contribution in [3.8, 4) is 0 Å². The molecule has 2 rings (SSSR count). The van der Waals surface area contributed by atoms with E-state index in [9.17, 15) is 4.79 Å². The van der Waals surface area contributed by atoms with Crippen molar-refractivity contribution in [3.05, 3.63) is 33.8 Å². The van der Waals surface area contributed by atoms with Gasteiger partial charge in [-0.05, 0) is 25.1 Å². The third-order valence-corrected chi connectivity index (χ3v) is 4.08. The van der Waals surface area contributed by atoms with Crippen LogP contribution in [0.3, 0.4) is 0 Å². The molecular weight excluding hydrogens is 280 g/mol. The summed E-state index contributed by atoms with van der Waals surface area (Å²) in [4.78, 5) is 11.6. The maximum Gasteiger partial charge on any atom is 0.337 e. The summed E-state index contributed by atoms with van der Waals surface area (Å²) in [5.74, 6) is -1.03. The second-order valence-corrected chi connectivity index (χ2v) is 6.05. The van der Waals surface area contributed by atoms with Crippen LogP contribution in [0.5, 0.6) is 0 Å². The largest absolute Gasteiger partial charge is 0.478 e. The Balaban J connectivity index is 2.23. The second-order valence-electron chi connectivity index (χ2n) is 3.14. The molecule has 17 heavy (non-hydrogen) atoms. The zero-order valence-electron chi connectivity index (χ0n) is 8.68. The lowest BCUT2D eigenvalue weighted by Gasteiger charge is -2.01. The summed E-state index contributed by atoms with van der Waals surface area (Å²) in [6, 6.07) is 4.81. The first-order valence-corrected chi connectivity index (χ1v) is 6.58. The molecule has 0 saturated heterocycles. The van der Waals surface area contributed by atoms with E-state index >= 15 is 0 Å². The van der Waals surface area contributed by atoms with E-state index in [1.165, 1.54) is 29.2 Å². The van der Waals surface area contributed by atoms with Gasteiger partial charge in [-0.2, -0.15) is 0 Å². The summed E-state index contributed by atoms with van der Waals surface area (Å²) < 4.78 is 0.807. The minimum atomic E-state index is -1.03. The van der Waals surface area contributed by atoms with Gasteiger partial charge in [0.15, 0.2) is 4.34 Å². The predicted molar refractivity (Wildman–Crippen MR) is 67.2 cm³/mol. The summed E-state index contributed by atoms with van der Waals surface area (Å²) in [6.45, 7) is 1.88. The van der Waals surface area contributed by atoms with Crippen LogP contribution < -0.4 is 0 Å². The van der Waals surface area contributed by atoms with Gasteiger partial charge in [0.05, 0.1) is 10.6 Å². The van der Waals surface area contributed by atoms with Crippen LogP contribution in [0.1, 0.15) is 15.4 Å². The number of carboxylic acids is 1. The van der Waals surface area contributed by atoms with Gasteiger partial charge in [-0.1, -0.05) is 34.7 Å². The molecule has 1 heterocycles. The number of carbonyl (C=O) groups is 1. The van der Waals surface area contributed by atoms with Crippen molar-refractivity contribution in [1.29, 1.82) is 0 Å². The molecule has 0 unspecified atom stereocenters. The molecule has 2 aromatic rings. The standard InChI is InChI=1S/C10H7ClN2O2S2/c1-5-12-13-10(16-5)17-6-2-3-7(9(14)15)8(11)4-6/h2-4H,1H3,(H,14,15). The molecule has 1 N–H and O–H groups in total. The normalized spacial score (nSPS) is 10.5. The monoisotopic (exact) mass is 286 g/mol. The van der Waals surface area contributed by atoms with Crippen molar-refractivity contribution in [2.24, 2.45) is 0 Å². The molecule has 0 bridgehead atoms. The smallest absolute Gasteiger partial charge is 0.337 e. The highest BCUT2D eigenvalue weighted by molar-refractivity contribution is 8.01. The Morgan fingerprint density at radius 2 is 2.24 bits per heavy atom. The number of aryl methyl sites for hydroxylation is 1. The Hall–Kier alpha value is -1.11. The number of hydrogen-bond acceptors (Lipinski definition) is 5. The van der Waals surface area contributed by atoms with Gasteiger partial charge < -0.3 is 5.11 Å². The third kappa shape index (κ3) is 2.96. The van der Waals surface area contributed by atoms with Gasteiger partial charge in [0.2, 0.25) is 0 Å². The number of benzene rings is 1. The molecule has 0 fully saturated rings. The van der Waals surface area contributed by atoms with Gasteiger partial charge in [-0.3, -0.25) is 0 Å². The van der Waals surface area contributed by atoms with E-state index in [4.69, 9.17) is 16.7 Å². The third-order valence-electron chi connectivity index (χ3n) is 1.88. The van der Waals surface area contributed by atoms with Crippen LogP contribution in [0.15, 0.2) is 27.4 Å². The highest BCUT2D eigenvalue weighted by Crippen LogP contribution is 2.32. The first kappa shape index (κ1) is 12.3. The number of hydrogen-bond donors (Lipinski definition) is 1. The molecular formula is C10H7ClN2O2S2. The van der Waals surface area contributed by atoms with Crippen molar-refractivity contribution >= 4 is 40.7 Å². The zero-order chi connectivity index (χ0) is 12.4. The van der Waals surface area contributed by atoms with Crippen LogP contribution in [0.4, 0.5) is 0 Å². The van der Waals surface area contributed by atoms with E-state index in [0.29, 0.717) is 0 Å². The number of rotatable bonds is 3. The van der Waals surface area contributed by atoms with Crippen LogP contribution in [0, 0.1) is 6.92 Å². The topological polar surface area (TPSA) is 63.1 Å². The SMILES string of the molecule is Cc1nnc(Sc2ccc(C(=O)O)c(Cl)c2)s1. The fourth-order valence-corrected chi connectivity index (χ4v) is 3.31. The van der Waals surface area contributed by atoms with Crippen molar-refractivity contribution in [3.63, 3.8) is 0 Å². The highest BCUT2D eigenvalue weighted by atomic mass is 35.5. The van der Waals surface area contributed by atoms with Crippen molar-refractivity contribution in [2.75, 3.05) is 0 Å². The van der Waals surface area contributed by atoms with E-state index < -0.39 is 5.97 Å². The van der Waals surface area contributed by atoms with Crippen molar-refractivity contribution < 1.29 is 9.90 Å². The minimum Gasteiger partial charge on any atom is -0.478 e. The van der Waals surface area contributed by atoms with E-state index in [0.717, 1.165) is 14.2 Å². The van der Waals surface area contributed by atoms with E-state index in [1.807, 2.05) is 6.92 Å². The maximum absolute atomic E-state index is 10.8. The Bertz CT molecular complexity index is 571. The summed E-state index contributed by atoms with van der Waals surface area (Å²) in [7, 11) is 0. The summed E-state index contributed by atoms with van der Waals surface area (Å²) in [6.07, 6.45) is 0.